The first-order chi connectivity index (χ1) is 4.74. The molecule has 0 atom stereocenters. The van der Waals surface area contributed by atoms with Gasteiger partial charge in [-0.15, -0.1) is 0 Å². The summed E-state index contributed by atoms with van der Waals surface area (Å²) in [6, 6.07) is 0. The van der Waals surface area contributed by atoms with E-state index in [9.17, 15) is 4.79 Å². The predicted octanol–water partition coefficient (Wildman–Crippen LogP) is 1.18. The van der Waals surface area contributed by atoms with E-state index in [1.807, 2.05) is 11.8 Å². The zero-order chi connectivity index (χ0) is 7.56. The van der Waals surface area contributed by atoms with Crippen molar-refractivity contribution in [3.8, 4) is 0 Å². The summed E-state index contributed by atoms with van der Waals surface area (Å²) in [7, 11) is 0. The van der Waals surface area contributed by atoms with Gasteiger partial charge in [0.15, 0.2) is 0 Å². The van der Waals surface area contributed by atoms with Crippen LogP contribution in [0.1, 0.15) is 20.3 Å². The summed E-state index contributed by atoms with van der Waals surface area (Å²) >= 11 is 0. The Bertz CT molecular complexity index is 172. The Balaban J connectivity index is 2.51. The number of rotatable bonds is 0. The molecule has 0 unspecified atom stereocenters. The largest absolute Gasteiger partial charge is 0.339 e. The fourth-order valence-corrected chi connectivity index (χ4v) is 1.19. The summed E-state index contributed by atoms with van der Waals surface area (Å²) in [5.41, 5.74) is 1.38. The van der Waals surface area contributed by atoms with Crippen LogP contribution in [-0.4, -0.2) is 23.9 Å². The predicted molar refractivity (Wildman–Crippen MR) is 40.6 cm³/mol. The number of nitrogens with zero attached hydrogens (tertiary/aromatic N) is 1. The van der Waals surface area contributed by atoms with Gasteiger partial charge in [0.1, 0.15) is 0 Å². The summed E-state index contributed by atoms with van der Waals surface area (Å²) in [6.07, 6.45) is 3.17. The molecule has 56 valence electrons. The maximum atomic E-state index is 10.8. The summed E-state index contributed by atoms with van der Waals surface area (Å²) in [4.78, 5) is 12.7. The van der Waals surface area contributed by atoms with E-state index < -0.39 is 0 Å². The minimum atomic E-state index is 0.192. The average Bonchev–Trinajstić information content (AvgIpc) is 2.34. The Hall–Kier alpha value is -0.790. The van der Waals surface area contributed by atoms with Gasteiger partial charge in [0.2, 0.25) is 5.91 Å². The van der Waals surface area contributed by atoms with Crippen molar-refractivity contribution < 1.29 is 4.79 Å². The molecule has 0 saturated carbocycles. The van der Waals surface area contributed by atoms with Gasteiger partial charge < -0.3 is 4.90 Å². The molecule has 0 bridgehead atoms. The van der Waals surface area contributed by atoms with Crippen molar-refractivity contribution in [2.24, 2.45) is 0 Å². The summed E-state index contributed by atoms with van der Waals surface area (Å²) in [6.45, 7) is 5.42. The first kappa shape index (κ1) is 7.32. The fraction of sp³-hybridized carbons (Fsp3) is 0.625. The van der Waals surface area contributed by atoms with Crippen LogP contribution in [-0.2, 0) is 4.79 Å². The van der Waals surface area contributed by atoms with Gasteiger partial charge in [-0.2, -0.15) is 0 Å². The van der Waals surface area contributed by atoms with E-state index in [0.717, 1.165) is 19.5 Å². The van der Waals surface area contributed by atoms with Crippen LogP contribution in [0.4, 0.5) is 0 Å². The molecule has 2 heteroatoms. The highest BCUT2D eigenvalue weighted by Gasteiger charge is 2.16. The lowest BCUT2D eigenvalue weighted by atomic mass is 10.2. The van der Waals surface area contributed by atoms with Crippen LogP contribution < -0.4 is 0 Å². The standard InChI is InChI=1S/C8H13NO/c1-3-8-4-5-9(6-8)7(2)10/h3H,4-6H2,1-2H3/b8-3+. The fourth-order valence-electron chi connectivity index (χ4n) is 1.19. The Kier molecular flexibility index (Phi) is 2.10. The summed E-state index contributed by atoms with van der Waals surface area (Å²) in [5, 5.41) is 0. The lowest BCUT2D eigenvalue weighted by Crippen LogP contribution is -2.24. The number of hydrogen-bond acceptors (Lipinski definition) is 1. The number of likely N-dealkylation sites (tertiary alicyclic amines) is 1. The monoisotopic (exact) mass is 139 g/mol. The summed E-state index contributed by atoms with van der Waals surface area (Å²) in [5.74, 6) is 0.192. The maximum Gasteiger partial charge on any atom is 0.219 e. The molecule has 0 aliphatic carbocycles. The van der Waals surface area contributed by atoms with Crippen molar-refractivity contribution in [3.63, 3.8) is 0 Å². The van der Waals surface area contributed by atoms with Crippen molar-refractivity contribution >= 4 is 5.91 Å². The topological polar surface area (TPSA) is 20.3 Å². The molecule has 1 fully saturated rings. The number of hydrogen-bond donors (Lipinski definition) is 0. The van der Waals surface area contributed by atoms with Gasteiger partial charge in [0.25, 0.3) is 0 Å². The number of allylic oxidation sites excluding steroid dienone is 1. The van der Waals surface area contributed by atoms with Crippen molar-refractivity contribution in [2.45, 2.75) is 20.3 Å². The van der Waals surface area contributed by atoms with Crippen molar-refractivity contribution in [3.05, 3.63) is 11.6 Å². The Morgan fingerprint density at radius 2 is 2.40 bits per heavy atom. The number of carbonyl (C=O) groups excluding carboxylic acids is 1. The molecule has 1 amide bonds. The van der Waals surface area contributed by atoms with Crippen LogP contribution in [0.25, 0.3) is 0 Å². The highest BCUT2D eigenvalue weighted by molar-refractivity contribution is 5.74. The first-order valence-corrected chi connectivity index (χ1v) is 3.63. The van der Waals surface area contributed by atoms with E-state index in [4.69, 9.17) is 0 Å². The zero-order valence-electron chi connectivity index (χ0n) is 6.55. The van der Waals surface area contributed by atoms with Crippen LogP contribution in [0.2, 0.25) is 0 Å². The summed E-state index contributed by atoms with van der Waals surface area (Å²) < 4.78 is 0. The molecule has 0 aromatic rings. The smallest absolute Gasteiger partial charge is 0.219 e. The Morgan fingerprint density at radius 3 is 2.70 bits per heavy atom. The van der Waals surface area contributed by atoms with Crippen LogP contribution in [0.15, 0.2) is 11.6 Å². The number of amides is 1. The molecule has 0 spiro atoms. The van der Waals surface area contributed by atoms with Crippen LogP contribution in [0.3, 0.4) is 0 Å². The van der Waals surface area contributed by atoms with Crippen LogP contribution in [0.5, 0.6) is 0 Å². The molecule has 1 saturated heterocycles. The Labute approximate surface area is 61.5 Å². The minimum absolute atomic E-state index is 0.192. The molecule has 0 N–H and O–H groups in total. The third kappa shape index (κ3) is 1.38. The molecule has 1 aliphatic heterocycles. The van der Waals surface area contributed by atoms with Crippen molar-refractivity contribution in [2.75, 3.05) is 13.1 Å². The quantitative estimate of drug-likeness (QED) is 0.461. The molecule has 10 heavy (non-hydrogen) atoms. The zero-order valence-corrected chi connectivity index (χ0v) is 6.55. The lowest BCUT2D eigenvalue weighted by molar-refractivity contribution is -0.127. The Morgan fingerprint density at radius 1 is 1.70 bits per heavy atom. The molecule has 2 nitrogen and oxygen atoms in total. The molecule has 0 aromatic carbocycles. The third-order valence-corrected chi connectivity index (χ3v) is 1.95. The molecule has 0 aromatic heterocycles. The van der Waals surface area contributed by atoms with Gasteiger partial charge >= 0.3 is 0 Å². The van der Waals surface area contributed by atoms with E-state index in [1.165, 1.54) is 5.57 Å². The van der Waals surface area contributed by atoms with Crippen LogP contribution >= 0.6 is 0 Å². The molecule has 1 rings (SSSR count). The third-order valence-electron chi connectivity index (χ3n) is 1.95. The van der Waals surface area contributed by atoms with Gasteiger partial charge in [0.05, 0.1) is 0 Å². The van der Waals surface area contributed by atoms with E-state index in [-0.39, 0.29) is 5.91 Å². The maximum absolute atomic E-state index is 10.8. The molecular weight excluding hydrogens is 126 g/mol. The number of carbonyl (C=O) groups is 1. The molecule has 1 aliphatic rings. The van der Waals surface area contributed by atoms with E-state index in [2.05, 4.69) is 6.08 Å². The highest BCUT2D eigenvalue weighted by atomic mass is 16.2. The second-order valence-corrected chi connectivity index (χ2v) is 2.64. The molecule has 1 heterocycles. The highest BCUT2D eigenvalue weighted by Crippen LogP contribution is 2.13. The van der Waals surface area contributed by atoms with Gasteiger partial charge in [-0.3, -0.25) is 4.79 Å². The lowest BCUT2D eigenvalue weighted by Gasteiger charge is -2.10. The molecule has 0 radical (unpaired) electrons. The van der Waals surface area contributed by atoms with E-state index in [0.29, 0.717) is 0 Å². The van der Waals surface area contributed by atoms with Gasteiger partial charge in [-0.25, -0.2) is 0 Å². The van der Waals surface area contributed by atoms with Crippen LogP contribution in [0, 0.1) is 0 Å². The second-order valence-electron chi connectivity index (χ2n) is 2.64. The molecular formula is C8H13NO. The van der Waals surface area contributed by atoms with Gasteiger partial charge in [0, 0.05) is 20.0 Å². The van der Waals surface area contributed by atoms with Gasteiger partial charge in [-0.05, 0) is 13.3 Å². The van der Waals surface area contributed by atoms with Gasteiger partial charge in [-0.1, -0.05) is 11.6 Å². The SMILES string of the molecule is C/C=C1\CCN(C(C)=O)C1. The second kappa shape index (κ2) is 2.86. The van der Waals surface area contributed by atoms with Crippen molar-refractivity contribution in [1.82, 2.24) is 4.90 Å². The van der Waals surface area contributed by atoms with E-state index in [1.54, 1.807) is 6.92 Å². The van der Waals surface area contributed by atoms with E-state index >= 15 is 0 Å². The minimum Gasteiger partial charge on any atom is -0.339 e. The normalized spacial score (nSPS) is 22.2. The first-order valence-electron chi connectivity index (χ1n) is 3.63. The van der Waals surface area contributed by atoms with Crippen molar-refractivity contribution in [1.29, 1.82) is 0 Å². The average molecular weight is 139 g/mol.